The van der Waals surface area contributed by atoms with E-state index in [1.165, 1.54) is 0 Å². The highest BCUT2D eigenvalue weighted by molar-refractivity contribution is 7.89. The van der Waals surface area contributed by atoms with Gasteiger partial charge in [-0.15, -0.1) is 0 Å². The fourth-order valence-electron chi connectivity index (χ4n) is 1.16. The van der Waals surface area contributed by atoms with Crippen LogP contribution in [0.2, 0.25) is 0 Å². The number of rotatable bonds is 3. The molecular weight excluding hydrogens is 200 g/mol. The van der Waals surface area contributed by atoms with Crippen molar-refractivity contribution in [3.8, 4) is 0 Å². The second kappa shape index (κ2) is 4.08. The summed E-state index contributed by atoms with van der Waals surface area (Å²) in [6.45, 7) is 1.95. The zero-order valence-electron chi connectivity index (χ0n) is 7.97. The number of sulfonamides is 1. The zero-order valence-corrected chi connectivity index (χ0v) is 8.79. The summed E-state index contributed by atoms with van der Waals surface area (Å²) in [6.07, 6.45) is 0. The third-order valence-electron chi connectivity index (χ3n) is 2.15. The van der Waals surface area contributed by atoms with E-state index in [0.29, 0.717) is 12.1 Å². The Kier molecular flexibility index (Phi) is 3.25. The molecule has 0 aliphatic heterocycles. The van der Waals surface area contributed by atoms with Gasteiger partial charge >= 0.3 is 0 Å². The lowest BCUT2D eigenvalue weighted by Crippen LogP contribution is -2.19. The number of primary sulfonamides is 1. The standard InChI is InChI=1S/C9H14N2O2S/c1-7(14(11,12)13)9-4-2-3-8(5-9)6-10/h2-5,7H,6,10H2,1H3,(H2,11,12,13). The summed E-state index contributed by atoms with van der Waals surface area (Å²) in [4.78, 5) is 0. The number of hydrogen-bond acceptors (Lipinski definition) is 3. The maximum atomic E-state index is 11.1. The van der Waals surface area contributed by atoms with E-state index < -0.39 is 15.3 Å². The Bertz CT molecular complexity index is 415. The van der Waals surface area contributed by atoms with E-state index >= 15 is 0 Å². The SMILES string of the molecule is CC(c1cccc(CN)c1)S(N)(=O)=O. The molecule has 1 atom stereocenters. The van der Waals surface area contributed by atoms with Crippen LogP contribution < -0.4 is 10.9 Å². The molecule has 0 aromatic heterocycles. The van der Waals surface area contributed by atoms with Crippen molar-refractivity contribution in [2.24, 2.45) is 10.9 Å². The van der Waals surface area contributed by atoms with Crippen LogP contribution in [-0.4, -0.2) is 8.42 Å². The molecule has 0 spiro atoms. The van der Waals surface area contributed by atoms with Gasteiger partial charge in [-0.1, -0.05) is 24.3 Å². The molecule has 5 heteroatoms. The summed E-state index contributed by atoms with van der Waals surface area (Å²) < 4.78 is 22.2. The molecule has 0 saturated heterocycles. The van der Waals surface area contributed by atoms with Gasteiger partial charge in [-0.25, -0.2) is 13.6 Å². The van der Waals surface area contributed by atoms with Gasteiger partial charge in [0, 0.05) is 6.54 Å². The molecule has 4 nitrogen and oxygen atoms in total. The number of nitrogens with two attached hydrogens (primary N) is 2. The first-order chi connectivity index (χ1) is 6.45. The van der Waals surface area contributed by atoms with Crippen LogP contribution >= 0.6 is 0 Å². The lowest BCUT2D eigenvalue weighted by molar-refractivity contribution is 0.588. The summed E-state index contributed by atoms with van der Waals surface area (Å²) in [5.41, 5.74) is 7.02. The first kappa shape index (κ1) is 11.2. The second-order valence-corrected chi connectivity index (χ2v) is 5.07. The van der Waals surface area contributed by atoms with E-state index in [0.717, 1.165) is 5.56 Å². The Hall–Kier alpha value is -0.910. The molecule has 0 aliphatic rings. The second-order valence-electron chi connectivity index (χ2n) is 3.18. The molecule has 14 heavy (non-hydrogen) atoms. The van der Waals surface area contributed by atoms with E-state index in [-0.39, 0.29) is 0 Å². The largest absolute Gasteiger partial charge is 0.326 e. The molecule has 0 heterocycles. The van der Waals surface area contributed by atoms with Crippen LogP contribution in [0.5, 0.6) is 0 Å². The molecule has 0 bridgehead atoms. The Morgan fingerprint density at radius 1 is 1.43 bits per heavy atom. The minimum Gasteiger partial charge on any atom is -0.326 e. The van der Waals surface area contributed by atoms with Gasteiger partial charge in [-0.3, -0.25) is 0 Å². The maximum Gasteiger partial charge on any atom is 0.215 e. The molecule has 1 rings (SSSR count). The average molecular weight is 214 g/mol. The minimum absolute atomic E-state index is 0.394. The van der Waals surface area contributed by atoms with Gasteiger partial charge in [0.2, 0.25) is 10.0 Å². The van der Waals surface area contributed by atoms with Crippen molar-refractivity contribution in [3.63, 3.8) is 0 Å². The van der Waals surface area contributed by atoms with Gasteiger partial charge in [0.1, 0.15) is 0 Å². The quantitative estimate of drug-likeness (QED) is 0.768. The van der Waals surface area contributed by atoms with Crippen LogP contribution in [0.3, 0.4) is 0 Å². The maximum absolute atomic E-state index is 11.1. The Labute approximate surface area is 84.0 Å². The highest BCUT2D eigenvalue weighted by Crippen LogP contribution is 2.19. The Balaban J connectivity index is 3.08. The molecule has 1 aromatic rings. The summed E-state index contributed by atoms with van der Waals surface area (Å²) in [5, 5.41) is 4.36. The van der Waals surface area contributed by atoms with E-state index in [4.69, 9.17) is 10.9 Å². The zero-order chi connectivity index (χ0) is 10.8. The molecule has 78 valence electrons. The van der Waals surface area contributed by atoms with E-state index in [1.807, 2.05) is 6.07 Å². The van der Waals surface area contributed by atoms with Gasteiger partial charge in [-0.05, 0) is 18.1 Å². The van der Waals surface area contributed by atoms with E-state index in [1.54, 1.807) is 25.1 Å². The van der Waals surface area contributed by atoms with Crippen LogP contribution in [0, 0.1) is 0 Å². The van der Waals surface area contributed by atoms with Gasteiger partial charge in [0.25, 0.3) is 0 Å². The molecule has 1 unspecified atom stereocenters. The van der Waals surface area contributed by atoms with Gasteiger partial charge in [0.05, 0.1) is 5.25 Å². The minimum atomic E-state index is -3.52. The van der Waals surface area contributed by atoms with Gasteiger partial charge in [-0.2, -0.15) is 0 Å². The Morgan fingerprint density at radius 2 is 2.07 bits per heavy atom. The van der Waals surface area contributed by atoms with Crippen molar-refractivity contribution in [2.75, 3.05) is 0 Å². The van der Waals surface area contributed by atoms with Crippen LogP contribution in [-0.2, 0) is 16.6 Å². The normalized spacial score (nSPS) is 13.9. The lowest BCUT2D eigenvalue weighted by atomic mass is 10.1. The third kappa shape index (κ3) is 2.54. The molecule has 0 radical (unpaired) electrons. The third-order valence-corrected chi connectivity index (χ3v) is 3.41. The summed E-state index contributed by atoms with van der Waals surface area (Å²) in [5.74, 6) is 0. The molecular formula is C9H14N2O2S. The van der Waals surface area contributed by atoms with Crippen LogP contribution in [0.15, 0.2) is 24.3 Å². The van der Waals surface area contributed by atoms with Crippen molar-refractivity contribution >= 4 is 10.0 Å². The predicted octanol–water partition coefficient (Wildman–Crippen LogP) is 0.495. The summed E-state index contributed by atoms with van der Waals surface area (Å²) in [7, 11) is -3.52. The molecule has 4 N–H and O–H groups in total. The average Bonchev–Trinajstić information content (AvgIpc) is 2.15. The van der Waals surface area contributed by atoms with Crippen molar-refractivity contribution in [3.05, 3.63) is 35.4 Å². The summed E-state index contributed by atoms with van der Waals surface area (Å²) in [6, 6.07) is 7.11. The van der Waals surface area contributed by atoms with Crippen LogP contribution in [0.1, 0.15) is 23.3 Å². The lowest BCUT2D eigenvalue weighted by Gasteiger charge is -2.10. The summed E-state index contributed by atoms with van der Waals surface area (Å²) >= 11 is 0. The van der Waals surface area contributed by atoms with Gasteiger partial charge < -0.3 is 5.73 Å². The highest BCUT2D eigenvalue weighted by atomic mass is 32.2. The fourth-order valence-corrected chi connectivity index (χ4v) is 1.69. The fraction of sp³-hybridized carbons (Fsp3) is 0.333. The van der Waals surface area contributed by atoms with Crippen molar-refractivity contribution < 1.29 is 8.42 Å². The first-order valence-electron chi connectivity index (χ1n) is 4.25. The Morgan fingerprint density at radius 3 is 2.57 bits per heavy atom. The number of benzene rings is 1. The van der Waals surface area contributed by atoms with E-state index in [2.05, 4.69) is 0 Å². The molecule has 0 saturated carbocycles. The molecule has 0 fully saturated rings. The number of hydrogen-bond donors (Lipinski definition) is 2. The topological polar surface area (TPSA) is 86.2 Å². The van der Waals surface area contributed by atoms with Gasteiger partial charge in [0.15, 0.2) is 0 Å². The van der Waals surface area contributed by atoms with Crippen LogP contribution in [0.4, 0.5) is 0 Å². The van der Waals surface area contributed by atoms with Crippen molar-refractivity contribution in [1.29, 1.82) is 0 Å². The smallest absolute Gasteiger partial charge is 0.215 e. The molecule has 0 amide bonds. The molecule has 1 aromatic carbocycles. The first-order valence-corrected chi connectivity index (χ1v) is 5.86. The monoisotopic (exact) mass is 214 g/mol. The van der Waals surface area contributed by atoms with Crippen molar-refractivity contribution in [2.45, 2.75) is 18.7 Å². The highest BCUT2D eigenvalue weighted by Gasteiger charge is 2.17. The van der Waals surface area contributed by atoms with E-state index in [9.17, 15) is 8.42 Å². The molecule has 0 aliphatic carbocycles. The predicted molar refractivity (Wildman–Crippen MR) is 55.9 cm³/mol. The van der Waals surface area contributed by atoms with Crippen LogP contribution in [0.25, 0.3) is 0 Å². The van der Waals surface area contributed by atoms with Crippen molar-refractivity contribution in [1.82, 2.24) is 0 Å².